The zero-order valence-electron chi connectivity index (χ0n) is 15.5. The van der Waals surface area contributed by atoms with E-state index in [0.717, 1.165) is 36.3 Å². The summed E-state index contributed by atoms with van der Waals surface area (Å²) in [5, 5.41) is 10.9. The molecule has 2 N–H and O–H groups in total. The average molecular weight is 448 g/mol. The summed E-state index contributed by atoms with van der Waals surface area (Å²) in [6.07, 6.45) is 7.57. The highest BCUT2D eigenvalue weighted by Gasteiger charge is 2.34. The van der Waals surface area contributed by atoms with Crippen molar-refractivity contribution in [1.82, 2.24) is 15.8 Å². The maximum atomic E-state index is 5.31. The minimum absolute atomic E-state index is 0. The molecule has 1 saturated carbocycles. The summed E-state index contributed by atoms with van der Waals surface area (Å²) >= 11 is 0. The first kappa shape index (κ1) is 21.3. The van der Waals surface area contributed by atoms with E-state index in [9.17, 15) is 0 Å². The van der Waals surface area contributed by atoms with Gasteiger partial charge in [-0.3, -0.25) is 4.99 Å². The quantitative estimate of drug-likeness (QED) is 0.374. The highest BCUT2D eigenvalue weighted by molar-refractivity contribution is 14.0. The third-order valence-corrected chi connectivity index (χ3v) is 4.76. The summed E-state index contributed by atoms with van der Waals surface area (Å²) in [6, 6.07) is 2.00. The molecule has 2 rings (SSSR count). The molecule has 0 aromatic carbocycles. The number of rotatable bonds is 7. The van der Waals surface area contributed by atoms with Crippen molar-refractivity contribution in [2.45, 2.75) is 65.8 Å². The van der Waals surface area contributed by atoms with Crippen molar-refractivity contribution in [2.24, 2.45) is 16.3 Å². The number of hydrogen-bond acceptors (Lipinski definition) is 3. The van der Waals surface area contributed by atoms with E-state index in [1.54, 1.807) is 0 Å². The van der Waals surface area contributed by atoms with Crippen molar-refractivity contribution in [2.75, 3.05) is 13.6 Å². The standard InChI is InChI=1S/C18H32N4O.HI/c1-5-15-10-16(23-22-15)12-20-17(19-4)21-13-18(11-14(2)3)8-6-7-9-18;/h10,14H,5-9,11-13H2,1-4H3,(H2,19,20,21);1H. The molecule has 0 atom stereocenters. The molecule has 1 aromatic rings. The minimum Gasteiger partial charge on any atom is -0.359 e. The second kappa shape index (κ2) is 10.3. The van der Waals surface area contributed by atoms with E-state index < -0.39 is 0 Å². The van der Waals surface area contributed by atoms with Gasteiger partial charge < -0.3 is 15.2 Å². The summed E-state index contributed by atoms with van der Waals surface area (Å²) in [5.74, 6) is 2.43. The maximum absolute atomic E-state index is 5.31. The molecule has 0 aliphatic heterocycles. The fourth-order valence-electron chi connectivity index (χ4n) is 3.71. The second-order valence-corrected chi connectivity index (χ2v) is 7.22. The molecule has 0 amide bonds. The van der Waals surface area contributed by atoms with E-state index in [4.69, 9.17) is 4.52 Å². The Morgan fingerprint density at radius 2 is 2.04 bits per heavy atom. The molecule has 1 fully saturated rings. The molecule has 1 aliphatic rings. The van der Waals surface area contributed by atoms with Crippen LogP contribution in [0.1, 0.15) is 64.3 Å². The molecular formula is C18H33IN4O. The van der Waals surface area contributed by atoms with E-state index in [1.807, 2.05) is 13.1 Å². The maximum Gasteiger partial charge on any atom is 0.191 e. The first-order valence-corrected chi connectivity index (χ1v) is 8.96. The lowest BCUT2D eigenvalue weighted by Gasteiger charge is -2.31. The summed E-state index contributed by atoms with van der Waals surface area (Å²) in [5.41, 5.74) is 1.43. The number of halogens is 1. The van der Waals surface area contributed by atoms with Crippen molar-refractivity contribution < 1.29 is 4.52 Å². The predicted molar refractivity (Wildman–Crippen MR) is 110 cm³/mol. The highest BCUT2D eigenvalue weighted by Crippen LogP contribution is 2.42. The molecule has 5 nitrogen and oxygen atoms in total. The Bertz CT molecular complexity index is 507. The van der Waals surface area contributed by atoms with Gasteiger partial charge in [0.25, 0.3) is 0 Å². The first-order valence-electron chi connectivity index (χ1n) is 8.96. The summed E-state index contributed by atoms with van der Waals surface area (Å²) in [7, 11) is 1.82. The monoisotopic (exact) mass is 448 g/mol. The SMILES string of the molecule is CCc1cc(CNC(=NC)NCC2(CC(C)C)CCCC2)on1.I. The molecule has 0 radical (unpaired) electrons. The van der Waals surface area contributed by atoms with Gasteiger partial charge in [0.1, 0.15) is 0 Å². The molecule has 0 unspecified atom stereocenters. The van der Waals surface area contributed by atoms with Gasteiger partial charge in [0.05, 0.1) is 12.2 Å². The molecule has 1 heterocycles. The third kappa shape index (κ3) is 6.26. The highest BCUT2D eigenvalue weighted by atomic mass is 127. The third-order valence-electron chi connectivity index (χ3n) is 4.76. The Hall–Kier alpha value is -0.790. The van der Waals surface area contributed by atoms with Crippen LogP contribution in [-0.2, 0) is 13.0 Å². The van der Waals surface area contributed by atoms with Gasteiger partial charge in [0.15, 0.2) is 11.7 Å². The Morgan fingerprint density at radius 1 is 1.33 bits per heavy atom. The Morgan fingerprint density at radius 3 is 2.58 bits per heavy atom. The molecule has 1 aliphatic carbocycles. The van der Waals surface area contributed by atoms with Crippen molar-refractivity contribution >= 4 is 29.9 Å². The predicted octanol–water partition coefficient (Wildman–Crippen LogP) is 4.13. The van der Waals surface area contributed by atoms with E-state index in [2.05, 4.69) is 41.6 Å². The Kier molecular flexibility index (Phi) is 9.08. The van der Waals surface area contributed by atoms with Crippen LogP contribution in [0.5, 0.6) is 0 Å². The number of aliphatic imine (C=N–C) groups is 1. The van der Waals surface area contributed by atoms with Crippen LogP contribution in [0, 0.1) is 11.3 Å². The molecule has 0 spiro atoms. The van der Waals surface area contributed by atoms with Gasteiger partial charge in [-0.2, -0.15) is 0 Å². The van der Waals surface area contributed by atoms with Crippen LogP contribution >= 0.6 is 24.0 Å². The smallest absolute Gasteiger partial charge is 0.191 e. The van der Waals surface area contributed by atoms with E-state index in [1.165, 1.54) is 32.1 Å². The molecular weight excluding hydrogens is 415 g/mol. The largest absolute Gasteiger partial charge is 0.359 e. The fraction of sp³-hybridized carbons (Fsp3) is 0.778. The number of nitrogens with one attached hydrogen (secondary N) is 2. The average Bonchev–Trinajstić information content (AvgIpc) is 3.16. The van der Waals surface area contributed by atoms with Crippen molar-refractivity contribution in [3.8, 4) is 0 Å². The molecule has 0 saturated heterocycles. The number of aryl methyl sites for hydroxylation is 1. The van der Waals surface area contributed by atoms with Crippen LogP contribution < -0.4 is 10.6 Å². The molecule has 138 valence electrons. The second-order valence-electron chi connectivity index (χ2n) is 7.22. The zero-order chi connectivity index (χ0) is 16.7. The topological polar surface area (TPSA) is 62.5 Å². The fourth-order valence-corrected chi connectivity index (χ4v) is 3.71. The molecule has 0 bridgehead atoms. The minimum atomic E-state index is 0. The van der Waals surface area contributed by atoms with Crippen LogP contribution in [0.15, 0.2) is 15.6 Å². The van der Waals surface area contributed by atoms with Crippen molar-refractivity contribution in [3.63, 3.8) is 0 Å². The lowest BCUT2D eigenvalue weighted by atomic mass is 9.78. The van der Waals surface area contributed by atoms with E-state index >= 15 is 0 Å². The summed E-state index contributed by atoms with van der Waals surface area (Å²) < 4.78 is 5.31. The van der Waals surface area contributed by atoms with Gasteiger partial charge in [-0.1, -0.05) is 38.8 Å². The lowest BCUT2D eigenvalue weighted by Crippen LogP contribution is -2.43. The molecule has 6 heteroatoms. The lowest BCUT2D eigenvalue weighted by molar-refractivity contribution is 0.234. The van der Waals surface area contributed by atoms with E-state index in [-0.39, 0.29) is 24.0 Å². The van der Waals surface area contributed by atoms with Crippen molar-refractivity contribution in [3.05, 3.63) is 17.5 Å². The van der Waals surface area contributed by atoms with Gasteiger partial charge in [-0.05, 0) is 37.0 Å². The van der Waals surface area contributed by atoms with Crippen molar-refractivity contribution in [1.29, 1.82) is 0 Å². The Balaban J connectivity index is 0.00000288. The first-order chi connectivity index (χ1) is 11.1. The number of hydrogen-bond donors (Lipinski definition) is 2. The summed E-state index contributed by atoms with van der Waals surface area (Å²) in [6.45, 7) is 8.33. The van der Waals surface area contributed by atoms with Crippen LogP contribution in [0.25, 0.3) is 0 Å². The van der Waals surface area contributed by atoms with E-state index in [0.29, 0.717) is 12.0 Å². The van der Waals surface area contributed by atoms with Crippen LogP contribution in [0.3, 0.4) is 0 Å². The van der Waals surface area contributed by atoms with Crippen LogP contribution in [0.2, 0.25) is 0 Å². The molecule has 24 heavy (non-hydrogen) atoms. The van der Waals surface area contributed by atoms with Crippen LogP contribution in [0.4, 0.5) is 0 Å². The van der Waals surface area contributed by atoms with Gasteiger partial charge >= 0.3 is 0 Å². The van der Waals surface area contributed by atoms with Gasteiger partial charge in [0, 0.05) is 19.7 Å². The Labute approximate surface area is 163 Å². The number of aromatic nitrogens is 1. The zero-order valence-corrected chi connectivity index (χ0v) is 17.9. The number of nitrogens with zero attached hydrogens (tertiary/aromatic N) is 2. The molecule has 1 aromatic heterocycles. The number of guanidine groups is 1. The summed E-state index contributed by atoms with van der Waals surface area (Å²) in [4.78, 5) is 4.33. The van der Waals surface area contributed by atoms with Crippen LogP contribution in [-0.4, -0.2) is 24.7 Å². The van der Waals surface area contributed by atoms with Gasteiger partial charge in [-0.15, -0.1) is 24.0 Å². The van der Waals surface area contributed by atoms with Gasteiger partial charge in [-0.25, -0.2) is 0 Å². The van der Waals surface area contributed by atoms with Gasteiger partial charge in [0.2, 0.25) is 0 Å². The normalized spacial score (nSPS) is 17.0.